The summed E-state index contributed by atoms with van der Waals surface area (Å²) in [5.41, 5.74) is 2.29. The lowest BCUT2D eigenvalue weighted by atomic mass is 9.96. The Hall–Kier alpha value is -3.61. The van der Waals surface area contributed by atoms with Gasteiger partial charge in [0, 0.05) is 42.4 Å². The molecule has 3 aromatic rings. The Labute approximate surface area is 201 Å². The molecule has 7 heteroatoms. The molecule has 0 radical (unpaired) electrons. The lowest BCUT2D eigenvalue weighted by Gasteiger charge is -2.33. The van der Waals surface area contributed by atoms with Gasteiger partial charge in [0.25, 0.3) is 0 Å². The van der Waals surface area contributed by atoms with E-state index in [0.717, 1.165) is 47.2 Å². The van der Waals surface area contributed by atoms with Gasteiger partial charge in [0.2, 0.25) is 0 Å². The number of carbonyl (C=O) groups is 1. The number of anilines is 2. The second-order valence-corrected chi connectivity index (χ2v) is 9.46. The third-order valence-electron chi connectivity index (χ3n) is 5.67. The molecule has 34 heavy (non-hydrogen) atoms. The quantitative estimate of drug-likeness (QED) is 0.502. The molecule has 0 unspecified atom stereocenters. The Morgan fingerprint density at radius 1 is 1.00 bits per heavy atom. The van der Waals surface area contributed by atoms with Crippen molar-refractivity contribution in [1.29, 1.82) is 0 Å². The minimum Gasteiger partial charge on any atom is -0.497 e. The van der Waals surface area contributed by atoms with Gasteiger partial charge in [0.15, 0.2) is 0 Å². The smallest absolute Gasteiger partial charge is 0.410 e. The van der Waals surface area contributed by atoms with E-state index in [4.69, 9.17) is 19.4 Å². The van der Waals surface area contributed by atoms with Crippen LogP contribution in [0.1, 0.15) is 45.4 Å². The van der Waals surface area contributed by atoms with Gasteiger partial charge < -0.3 is 19.7 Å². The molecule has 0 atom stereocenters. The van der Waals surface area contributed by atoms with Crippen molar-refractivity contribution in [1.82, 2.24) is 14.9 Å². The van der Waals surface area contributed by atoms with Crippen molar-refractivity contribution in [2.75, 3.05) is 25.5 Å². The number of ether oxygens (including phenoxy) is 2. The van der Waals surface area contributed by atoms with E-state index in [1.807, 2.05) is 81.4 Å². The SMILES string of the molecule is COc1cccc(Nc2cc(-c3ccccc3)nc(C3CCN(C(=O)OC(C)(C)C)CC3)n2)c1. The number of amides is 1. The lowest BCUT2D eigenvalue weighted by Crippen LogP contribution is -2.41. The van der Waals surface area contributed by atoms with Gasteiger partial charge in [-0.05, 0) is 45.7 Å². The van der Waals surface area contributed by atoms with Gasteiger partial charge in [0.05, 0.1) is 12.8 Å². The first-order valence-electron chi connectivity index (χ1n) is 11.6. The van der Waals surface area contributed by atoms with Crippen molar-refractivity contribution in [3.8, 4) is 17.0 Å². The van der Waals surface area contributed by atoms with Crippen LogP contribution >= 0.6 is 0 Å². The highest BCUT2D eigenvalue weighted by molar-refractivity contribution is 5.68. The van der Waals surface area contributed by atoms with Gasteiger partial charge in [-0.1, -0.05) is 36.4 Å². The zero-order valence-corrected chi connectivity index (χ0v) is 20.2. The van der Waals surface area contributed by atoms with Crippen LogP contribution in [0.25, 0.3) is 11.3 Å². The first-order valence-corrected chi connectivity index (χ1v) is 11.6. The third kappa shape index (κ3) is 6.04. The fourth-order valence-corrected chi connectivity index (χ4v) is 3.96. The van der Waals surface area contributed by atoms with Crippen molar-refractivity contribution < 1.29 is 14.3 Å². The summed E-state index contributed by atoms with van der Waals surface area (Å²) in [5.74, 6) is 2.45. The van der Waals surface area contributed by atoms with E-state index in [-0.39, 0.29) is 12.0 Å². The number of methoxy groups -OCH3 is 1. The fourth-order valence-electron chi connectivity index (χ4n) is 3.96. The molecular weight excluding hydrogens is 428 g/mol. The normalized spacial score (nSPS) is 14.5. The van der Waals surface area contributed by atoms with Crippen LogP contribution in [-0.2, 0) is 4.74 Å². The van der Waals surface area contributed by atoms with Crippen LogP contribution in [0, 0.1) is 0 Å². The maximum atomic E-state index is 12.5. The van der Waals surface area contributed by atoms with E-state index >= 15 is 0 Å². The van der Waals surface area contributed by atoms with Crippen LogP contribution in [0.15, 0.2) is 60.7 Å². The number of nitrogens with zero attached hydrogens (tertiary/aromatic N) is 3. The highest BCUT2D eigenvalue weighted by Gasteiger charge is 2.29. The Balaban J connectivity index is 1.57. The number of benzene rings is 2. The molecule has 1 aromatic heterocycles. The largest absolute Gasteiger partial charge is 0.497 e. The number of rotatable bonds is 5. The molecule has 4 rings (SSSR count). The zero-order chi connectivity index (χ0) is 24.1. The molecule has 1 N–H and O–H groups in total. The maximum Gasteiger partial charge on any atom is 0.410 e. The van der Waals surface area contributed by atoms with Gasteiger partial charge in [-0.25, -0.2) is 14.8 Å². The lowest BCUT2D eigenvalue weighted by molar-refractivity contribution is 0.0203. The topological polar surface area (TPSA) is 76.6 Å². The summed E-state index contributed by atoms with van der Waals surface area (Å²) in [6.45, 7) is 6.90. The molecule has 0 aliphatic carbocycles. The van der Waals surface area contributed by atoms with Crippen LogP contribution in [0.4, 0.5) is 16.3 Å². The Bertz CT molecular complexity index is 1120. The van der Waals surface area contributed by atoms with Gasteiger partial charge in [-0.15, -0.1) is 0 Å². The summed E-state index contributed by atoms with van der Waals surface area (Å²) < 4.78 is 10.9. The van der Waals surface area contributed by atoms with Crippen molar-refractivity contribution in [2.24, 2.45) is 0 Å². The average Bonchev–Trinajstić information content (AvgIpc) is 2.83. The van der Waals surface area contributed by atoms with Crippen molar-refractivity contribution in [2.45, 2.75) is 45.1 Å². The maximum absolute atomic E-state index is 12.5. The summed E-state index contributed by atoms with van der Waals surface area (Å²) >= 11 is 0. The number of carbonyl (C=O) groups excluding carboxylic acids is 1. The van der Waals surface area contributed by atoms with Gasteiger partial charge in [-0.3, -0.25) is 0 Å². The van der Waals surface area contributed by atoms with E-state index in [2.05, 4.69) is 5.32 Å². The molecule has 2 aromatic carbocycles. The molecule has 0 saturated carbocycles. The van der Waals surface area contributed by atoms with Crippen LogP contribution in [0.5, 0.6) is 5.75 Å². The molecular formula is C27H32N4O3. The van der Waals surface area contributed by atoms with Gasteiger partial charge in [-0.2, -0.15) is 0 Å². The summed E-state index contributed by atoms with van der Waals surface area (Å²) in [7, 11) is 1.65. The van der Waals surface area contributed by atoms with Crippen LogP contribution in [0.3, 0.4) is 0 Å². The minimum atomic E-state index is -0.498. The first kappa shape index (κ1) is 23.5. The molecule has 0 bridgehead atoms. The van der Waals surface area contributed by atoms with Crippen molar-refractivity contribution >= 4 is 17.6 Å². The molecule has 0 spiro atoms. The van der Waals surface area contributed by atoms with Gasteiger partial charge >= 0.3 is 6.09 Å². The van der Waals surface area contributed by atoms with Crippen molar-refractivity contribution in [3.63, 3.8) is 0 Å². The van der Waals surface area contributed by atoms with E-state index < -0.39 is 5.60 Å². The molecule has 1 aliphatic rings. The number of likely N-dealkylation sites (tertiary alicyclic amines) is 1. The van der Waals surface area contributed by atoms with E-state index in [1.54, 1.807) is 12.0 Å². The molecule has 1 fully saturated rings. The van der Waals surface area contributed by atoms with Gasteiger partial charge in [0.1, 0.15) is 23.0 Å². The summed E-state index contributed by atoms with van der Waals surface area (Å²) in [4.78, 5) is 24.0. The zero-order valence-electron chi connectivity index (χ0n) is 20.2. The van der Waals surface area contributed by atoms with Crippen LogP contribution in [-0.4, -0.2) is 46.8 Å². The number of piperidine rings is 1. The van der Waals surface area contributed by atoms with E-state index in [1.165, 1.54) is 0 Å². The monoisotopic (exact) mass is 460 g/mol. The minimum absolute atomic E-state index is 0.160. The number of nitrogens with one attached hydrogen (secondary N) is 1. The summed E-state index contributed by atoms with van der Waals surface area (Å²) in [6.07, 6.45) is 1.32. The van der Waals surface area contributed by atoms with Crippen LogP contribution in [0.2, 0.25) is 0 Å². The molecule has 2 heterocycles. The summed E-state index contributed by atoms with van der Waals surface area (Å²) in [5, 5.41) is 3.41. The number of hydrogen-bond acceptors (Lipinski definition) is 6. The number of aromatic nitrogens is 2. The predicted octanol–water partition coefficient (Wildman–Crippen LogP) is 6.01. The molecule has 1 amide bonds. The van der Waals surface area contributed by atoms with Crippen molar-refractivity contribution in [3.05, 3.63) is 66.5 Å². The highest BCUT2D eigenvalue weighted by Crippen LogP contribution is 2.31. The Kier molecular flexibility index (Phi) is 7.01. The third-order valence-corrected chi connectivity index (χ3v) is 5.67. The first-order chi connectivity index (χ1) is 16.3. The highest BCUT2D eigenvalue weighted by atomic mass is 16.6. The molecule has 1 aliphatic heterocycles. The Morgan fingerprint density at radius 2 is 1.74 bits per heavy atom. The summed E-state index contributed by atoms with van der Waals surface area (Å²) in [6, 6.07) is 19.8. The number of hydrogen-bond donors (Lipinski definition) is 1. The fraction of sp³-hybridized carbons (Fsp3) is 0.370. The molecule has 178 valence electrons. The molecule has 1 saturated heterocycles. The average molecular weight is 461 g/mol. The second-order valence-electron chi connectivity index (χ2n) is 9.46. The Morgan fingerprint density at radius 3 is 2.41 bits per heavy atom. The standard InChI is InChI=1S/C27H32N4O3/c1-27(2,3)34-26(32)31-15-13-20(14-16-31)25-29-23(19-9-6-5-7-10-19)18-24(30-25)28-21-11-8-12-22(17-21)33-4/h5-12,17-18,20H,13-16H2,1-4H3,(H,28,29,30). The van der Waals surface area contributed by atoms with E-state index in [9.17, 15) is 4.79 Å². The predicted molar refractivity (Wildman–Crippen MR) is 134 cm³/mol. The second kappa shape index (κ2) is 10.1. The van der Waals surface area contributed by atoms with Crippen LogP contribution < -0.4 is 10.1 Å². The molecule has 7 nitrogen and oxygen atoms in total. The van der Waals surface area contributed by atoms with E-state index in [0.29, 0.717) is 13.1 Å².